The van der Waals surface area contributed by atoms with E-state index >= 15 is 0 Å². The Labute approximate surface area is 156 Å². The highest BCUT2D eigenvalue weighted by molar-refractivity contribution is 9.10. The van der Waals surface area contributed by atoms with Crippen LogP contribution in [0.4, 0.5) is 5.95 Å². The van der Waals surface area contributed by atoms with Gasteiger partial charge in [0.25, 0.3) is 5.91 Å². The maximum atomic E-state index is 13.0. The van der Waals surface area contributed by atoms with Gasteiger partial charge in [-0.25, -0.2) is 9.97 Å². The van der Waals surface area contributed by atoms with Crippen LogP contribution in [0.25, 0.3) is 11.3 Å². The summed E-state index contributed by atoms with van der Waals surface area (Å²) in [6.45, 7) is 9.29. The summed E-state index contributed by atoms with van der Waals surface area (Å²) >= 11 is 3.47. The molecule has 0 saturated heterocycles. The minimum Gasteiger partial charge on any atom is -0.493 e. The van der Waals surface area contributed by atoms with Gasteiger partial charge in [-0.1, -0.05) is 15.9 Å². The fourth-order valence-corrected chi connectivity index (χ4v) is 3.04. The summed E-state index contributed by atoms with van der Waals surface area (Å²) in [6.07, 6.45) is 0. The zero-order valence-corrected chi connectivity index (χ0v) is 16.6. The van der Waals surface area contributed by atoms with Crippen molar-refractivity contribution in [3.05, 3.63) is 33.9 Å². The Hall–Kier alpha value is -2.15. The summed E-state index contributed by atoms with van der Waals surface area (Å²) in [5.41, 5.74) is 8.09. The largest absolute Gasteiger partial charge is 0.493 e. The van der Waals surface area contributed by atoms with Gasteiger partial charge in [0.15, 0.2) is 0 Å². The monoisotopic (exact) mass is 406 g/mol. The summed E-state index contributed by atoms with van der Waals surface area (Å²) in [4.78, 5) is 23.4. The van der Waals surface area contributed by atoms with Crippen LogP contribution in [0.1, 0.15) is 36.8 Å². The Balaban J connectivity index is 2.74. The lowest BCUT2D eigenvalue weighted by Gasteiger charge is -2.22. The van der Waals surface area contributed by atoms with Crippen molar-refractivity contribution >= 4 is 27.8 Å². The SMILES string of the molecule is CCOc1ccc(Br)cc1-c1nc(N)nc(C)c1C(=O)N(CC)CC. The Bertz CT molecular complexity index is 776. The summed E-state index contributed by atoms with van der Waals surface area (Å²) in [6, 6.07) is 5.62. The number of rotatable bonds is 6. The van der Waals surface area contributed by atoms with Crippen molar-refractivity contribution in [1.29, 1.82) is 0 Å². The molecular formula is C18H23BrN4O2. The molecule has 0 unspecified atom stereocenters. The zero-order chi connectivity index (χ0) is 18.6. The third-order valence-corrected chi connectivity index (χ3v) is 4.36. The van der Waals surface area contributed by atoms with E-state index in [0.29, 0.717) is 48.0 Å². The minimum atomic E-state index is -0.111. The summed E-state index contributed by atoms with van der Waals surface area (Å²) < 4.78 is 6.59. The number of amides is 1. The second-order valence-corrected chi connectivity index (χ2v) is 6.36. The molecule has 0 bridgehead atoms. The number of anilines is 1. The number of nitrogens with two attached hydrogens (primary N) is 1. The van der Waals surface area contributed by atoms with E-state index < -0.39 is 0 Å². The number of benzene rings is 1. The number of hydrogen-bond acceptors (Lipinski definition) is 5. The highest BCUT2D eigenvalue weighted by atomic mass is 79.9. The van der Waals surface area contributed by atoms with Crippen LogP contribution in [-0.4, -0.2) is 40.5 Å². The molecule has 1 aromatic heterocycles. The molecule has 2 rings (SSSR count). The maximum absolute atomic E-state index is 13.0. The van der Waals surface area contributed by atoms with Gasteiger partial charge in [-0.15, -0.1) is 0 Å². The standard InChI is InChI=1S/C18H23BrN4O2/c1-5-23(6-2)17(24)15-11(4)21-18(20)22-16(15)13-10-12(19)8-9-14(13)25-7-3/h8-10H,5-7H2,1-4H3,(H2,20,21,22). The molecule has 7 heteroatoms. The van der Waals surface area contributed by atoms with Crippen molar-refractivity contribution in [1.82, 2.24) is 14.9 Å². The smallest absolute Gasteiger partial charge is 0.257 e. The second-order valence-electron chi connectivity index (χ2n) is 5.44. The molecule has 6 nitrogen and oxygen atoms in total. The number of nitrogen functional groups attached to an aromatic ring is 1. The fraction of sp³-hybridized carbons (Fsp3) is 0.389. The Morgan fingerprint density at radius 1 is 1.24 bits per heavy atom. The highest BCUT2D eigenvalue weighted by Crippen LogP contribution is 2.35. The lowest BCUT2D eigenvalue weighted by molar-refractivity contribution is 0.0772. The summed E-state index contributed by atoms with van der Waals surface area (Å²) in [7, 11) is 0. The zero-order valence-electron chi connectivity index (χ0n) is 15.0. The van der Waals surface area contributed by atoms with E-state index in [0.717, 1.165) is 4.47 Å². The van der Waals surface area contributed by atoms with E-state index in [1.54, 1.807) is 11.8 Å². The number of hydrogen-bond donors (Lipinski definition) is 1. The van der Waals surface area contributed by atoms with Crippen LogP contribution in [0.5, 0.6) is 5.75 Å². The first-order valence-corrected chi connectivity index (χ1v) is 9.08. The van der Waals surface area contributed by atoms with Crippen molar-refractivity contribution in [2.24, 2.45) is 0 Å². The Morgan fingerprint density at radius 3 is 2.52 bits per heavy atom. The first kappa shape index (κ1) is 19.2. The van der Waals surface area contributed by atoms with Crippen molar-refractivity contribution in [3.8, 4) is 17.0 Å². The average Bonchev–Trinajstić information content (AvgIpc) is 2.57. The molecule has 0 atom stereocenters. The van der Waals surface area contributed by atoms with Gasteiger partial charge in [0, 0.05) is 23.1 Å². The molecule has 2 N–H and O–H groups in total. The lowest BCUT2D eigenvalue weighted by Crippen LogP contribution is -2.32. The quantitative estimate of drug-likeness (QED) is 0.790. The second kappa shape index (κ2) is 8.29. The predicted molar refractivity (Wildman–Crippen MR) is 103 cm³/mol. The molecule has 134 valence electrons. The van der Waals surface area contributed by atoms with E-state index in [4.69, 9.17) is 10.5 Å². The molecular weight excluding hydrogens is 384 g/mol. The van der Waals surface area contributed by atoms with Crippen LogP contribution >= 0.6 is 15.9 Å². The van der Waals surface area contributed by atoms with Gasteiger partial charge in [0.2, 0.25) is 5.95 Å². The van der Waals surface area contributed by atoms with Crippen LogP contribution in [-0.2, 0) is 0 Å². The maximum Gasteiger partial charge on any atom is 0.257 e. The topological polar surface area (TPSA) is 81.3 Å². The van der Waals surface area contributed by atoms with Gasteiger partial charge in [0.1, 0.15) is 5.75 Å². The van der Waals surface area contributed by atoms with E-state index in [2.05, 4.69) is 25.9 Å². The third kappa shape index (κ3) is 4.10. The number of halogens is 1. The number of ether oxygens (including phenoxy) is 1. The molecule has 0 aliphatic heterocycles. The molecule has 1 heterocycles. The van der Waals surface area contributed by atoms with Crippen LogP contribution < -0.4 is 10.5 Å². The number of nitrogens with zero attached hydrogens (tertiary/aromatic N) is 3. The predicted octanol–water partition coefficient (Wildman–Crippen LogP) is 3.68. The van der Waals surface area contributed by atoms with Crippen LogP contribution in [0, 0.1) is 6.92 Å². The average molecular weight is 407 g/mol. The minimum absolute atomic E-state index is 0.111. The fourth-order valence-electron chi connectivity index (χ4n) is 2.68. The molecule has 0 saturated carbocycles. The molecule has 0 fully saturated rings. The van der Waals surface area contributed by atoms with Gasteiger partial charge < -0.3 is 15.4 Å². The van der Waals surface area contributed by atoms with Gasteiger partial charge in [0.05, 0.1) is 23.6 Å². The molecule has 0 spiro atoms. The van der Waals surface area contributed by atoms with Gasteiger partial charge in [-0.3, -0.25) is 4.79 Å². The normalized spacial score (nSPS) is 10.6. The van der Waals surface area contributed by atoms with Gasteiger partial charge in [-0.05, 0) is 45.9 Å². The van der Waals surface area contributed by atoms with Gasteiger partial charge in [-0.2, -0.15) is 0 Å². The van der Waals surface area contributed by atoms with Crippen LogP contribution in [0.3, 0.4) is 0 Å². The van der Waals surface area contributed by atoms with E-state index in [1.807, 2.05) is 39.0 Å². The van der Waals surface area contributed by atoms with Crippen LogP contribution in [0.2, 0.25) is 0 Å². The molecule has 0 aliphatic rings. The highest BCUT2D eigenvalue weighted by Gasteiger charge is 2.24. The van der Waals surface area contributed by atoms with Crippen molar-refractivity contribution in [2.45, 2.75) is 27.7 Å². The molecule has 1 aromatic carbocycles. The molecule has 2 aromatic rings. The Morgan fingerprint density at radius 2 is 1.92 bits per heavy atom. The molecule has 0 aliphatic carbocycles. The first-order valence-electron chi connectivity index (χ1n) is 8.28. The summed E-state index contributed by atoms with van der Waals surface area (Å²) in [5, 5.41) is 0. The molecule has 0 radical (unpaired) electrons. The molecule has 25 heavy (non-hydrogen) atoms. The van der Waals surface area contributed by atoms with Crippen molar-refractivity contribution in [2.75, 3.05) is 25.4 Å². The van der Waals surface area contributed by atoms with Crippen molar-refractivity contribution in [3.63, 3.8) is 0 Å². The van der Waals surface area contributed by atoms with Crippen molar-refractivity contribution < 1.29 is 9.53 Å². The number of carbonyl (C=O) groups is 1. The van der Waals surface area contributed by atoms with Gasteiger partial charge >= 0.3 is 0 Å². The Kier molecular flexibility index (Phi) is 6.36. The lowest BCUT2D eigenvalue weighted by atomic mass is 10.0. The van der Waals surface area contributed by atoms with E-state index in [-0.39, 0.29) is 11.9 Å². The number of aromatic nitrogens is 2. The number of carbonyl (C=O) groups excluding carboxylic acids is 1. The van der Waals surface area contributed by atoms with Crippen LogP contribution in [0.15, 0.2) is 22.7 Å². The third-order valence-electron chi connectivity index (χ3n) is 3.87. The summed E-state index contributed by atoms with van der Waals surface area (Å²) in [5.74, 6) is 0.669. The first-order chi connectivity index (χ1) is 11.9. The van der Waals surface area contributed by atoms with E-state index in [9.17, 15) is 4.79 Å². The van der Waals surface area contributed by atoms with E-state index in [1.165, 1.54) is 0 Å². The molecule has 1 amide bonds. The number of aryl methyl sites for hydroxylation is 1.